The van der Waals surface area contributed by atoms with E-state index in [1.54, 1.807) is 14.2 Å². The monoisotopic (exact) mass is 431 g/mol. The van der Waals surface area contributed by atoms with Crippen LogP contribution in [-0.2, 0) is 13.0 Å². The summed E-state index contributed by atoms with van der Waals surface area (Å²) < 4.78 is 11.0. The molecule has 0 spiro atoms. The molecule has 0 saturated carbocycles. The number of aromatic nitrogens is 1. The lowest BCUT2D eigenvalue weighted by Gasteiger charge is -2.31. The Labute approximate surface area is 188 Å². The van der Waals surface area contributed by atoms with Gasteiger partial charge in [-0.2, -0.15) is 0 Å². The van der Waals surface area contributed by atoms with Gasteiger partial charge in [0.25, 0.3) is 5.91 Å². The molecule has 3 aromatic rings. The quantitative estimate of drug-likeness (QED) is 0.611. The molecular formula is C26H29N3O3. The van der Waals surface area contributed by atoms with Gasteiger partial charge in [0, 0.05) is 31.1 Å². The molecule has 3 heterocycles. The number of hydrogen-bond acceptors (Lipinski definition) is 5. The molecule has 2 aliphatic rings. The minimum absolute atomic E-state index is 0.110. The van der Waals surface area contributed by atoms with E-state index in [0.717, 1.165) is 72.7 Å². The number of rotatable bonds is 4. The first-order valence-electron chi connectivity index (χ1n) is 11.3. The highest BCUT2D eigenvalue weighted by Gasteiger charge is 2.28. The summed E-state index contributed by atoms with van der Waals surface area (Å²) in [4.78, 5) is 22.7. The number of hydrogen-bond donors (Lipinski definition) is 0. The number of pyridine rings is 1. The lowest BCUT2D eigenvalue weighted by Crippen LogP contribution is -2.34. The molecule has 0 N–H and O–H groups in total. The Morgan fingerprint density at radius 1 is 1.03 bits per heavy atom. The number of amides is 1. The zero-order valence-electron chi connectivity index (χ0n) is 18.9. The van der Waals surface area contributed by atoms with Gasteiger partial charge in [-0.3, -0.25) is 4.79 Å². The summed E-state index contributed by atoms with van der Waals surface area (Å²) >= 11 is 0. The van der Waals surface area contributed by atoms with Gasteiger partial charge < -0.3 is 19.3 Å². The molecule has 5 rings (SSSR count). The Kier molecular flexibility index (Phi) is 5.37. The normalized spacial score (nSPS) is 18.0. The minimum Gasteiger partial charge on any atom is -0.493 e. The molecule has 0 bridgehead atoms. The molecular weight excluding hydrogens is 402 g/mol. The van der Waals surface area contributed by atoms with Crippen LogP contribution < -0.4 is 14.4 Å². The Bertz CT molecular complexity index is 1180. The van der Waals surface area contributed by atoms with Crippen LogP contribution in [0.5, 0.6) is 11.5 Å². The second-order valence-electron chi connectivity index (χ2n) is 8.68. The fraction of sp³-hybridized carbons (Fsp3) is 0.385. The molecule has 2 aliphatic heterocycles. The molecule has 166 valence electrons. The first kappa shape index (κ1) is 20.6. The second kappa shape index (κ2) is 8.34. The van der Waals surface area contributed by atoms with E-state index < -0.39 is 0 Å². The Hall–Kier alpha value is -3.28. The summed E-state index contributed by atoms with van der Waals surface area (Å²) in [6, 6.07) is 14.3. The van der Waals surface area contributed by atoms with Gasteiger partial charge in [-0.05, 0) is 61.6 Å². The molecule has 0 aliphatic carbocycles. The first-order valence-corrected chi connectivity index (χ1v) is 11.3. The van der Waals surface area contributed by atoms with Crippen LogP contribution in [0.4, 0.5) is 5.82 Å². The standard InChI is InChI=1S/C26H29N3O3/c1-17-7-6-11-29(17)26(30)21-15-25(27-22-9-5-4-8-20(21)22)28-12-10-18-13-23(31-2)24(32-3)14-19(18)16-28/h4-5,8-9,13-15,17H,6-7,10-12,16H2,1-3H3/t17-/m1/s1. The summed E-state index contributed by atoms with van der Waals surface area (Å²) in [6.45, 7) is 4.51. The van der Waals surface area contributed by atoms with Gasteiger partial charge in [0.15, 0.2) is 11.5 Å². The predicted molar refractivity (Wildman–Crippen MR) is 126 cm³/mol. The third kappa shape index (κ3) is 3.53. The molecule has 1 saturated heterocycles. The molecule has 1 fully saturated rings. The number of para-hydroxylation sites is 1. The number of carbonyl (C=O) groups is 1. The fourth-order valence-corrected chi connectivity index (χ4v) is 4.97. The number of anilines is 1. The number of ether oxygens (including phenoxy) is 2. The van der Waals surface area contributed by atoms with Crippen molar-refractivity contribution in [3.05, 3.63) is 59.2 Å². The second-order valence-corrected chi connectivity index (χ2v) is 8.68. The molecule has 0 unspecified atom stereocenters. The lowest BCUT2D eigenvalue weighted by atomic mass is 9.98. The maximum absolute atomic E-state index is 13.5. The Balaban J connectivity index is 1.53. The fourth-order valence-electron chi connectivity index (χ4n) is 4.97. The van der Waals surface area contributed by atoms with Crippen molar-refractivity contribution in [2.75, 3.05) is 32.2 Å². The smallest absolute Gasteiger partial charge is 0.254 e. The lowest BCUT2D eigenvalue weighted by molar-refractivity contribution is 0.0749. The number of benzene rings is 2. The SMILES string of the molecule is COc1cc2c(cc1OC)CN(c1cc(C(=O)N3CCC[C@H]3C)c3ccccc3n1)CC2. The molecule has 2 aromatic carbocycles. The van der Waals surface area contributed by atoms with Crippen molar-refractivity contribution >= 4 is 22.6 Å². The number of nitrogens with zero attached hydrogens (tertiary/aromatic N) is 3. The summed E-state index contributed by atoms with van der Waals surface area (Å²) in [7, 11) is 3.32. The maximum atomic E-state index is 13.5. The average molecular weight is 432 g/mol. The van der Waals surface area contributed by atoms with E-state index >= 15 is 0 Å². The Morgan fingerprint density at radius 2 is 1.78 bits per heavy atom. The van der Waals surface area contributed by atoms with Crippen molar-refractivity contribution in [3.8, 4) is 11.5 Å². The van der Waals surface area contributed by atoms with Gasteiger partial charge in [-0.15, -0.1) is 0 Å². The van der Waals surface area contributed by atoms with E-state index in [9.17, 15) is 4.79 Å². The van der Waals surface area contributed by atoms with Crippen molar-refractivity contribution < 1.29 is 14.3 Å². The highest BCUT2D eigenvalue weighted by Crippen LogP contribution is 2.35. The van der Waals surface area contributed by atoms with Crippen LogP contribution >= 0.6 is 0 Å². The maximum Gasteiger partial charge on any atom is 0.254 e. The zero-order valence-corrected chi connectivity index (χ0v) is 18.9. The third-order valence-electron chi connectivity index (χ3n) is 6.79. The zero-order chi connectivity index (χ0) is 22.2. The van der Waals surface area contributed by atoms with E-state index in [1.165, 1.54) is 11.1 Å². The predicted octanol–water partition coefficient (Wildman–Crippen LogP) is 4.44. The summed E-state index contributed by atoms with van der Waals surface area (Å²) in [5, 5.41) is 0.921. The topological polar surface area (TPSA) is 54.9 Å². The van der Waals surface area contributed by atoms with Gasteiger partial charge >= 0.3 is 0 Å². The van der Waals surface area contributed by atoms with Crippen LogP contribution in [0.2, 0.25) is 0 Å². The highest BCUT2D eigenvalue weighted by atomic mass is 16.5. The Morgan fingerprint density at radius 3 is 2.50 bits per heavy atom. The van der Waals surface area contributed by atoms with Crippen LogP contribution in [0.1, 0.15) is 41.3 Å². The van der Waals surface area contributed by atoms with Gasteiger partial charge in [0.1, 0.15) is 5.82 Å². The van der Waals surface area contributed by atoms with Crippen LogP contribution in [0.25, 0.3) is 10.9 Å². The summed E-state index contributed by atoms with van der Waals surface area (Å²) in [6.07, 6.45) is 3.02. The van der Waals surface area contributed by atoms with Crippen LogP contribution in [0.15, 0.2) is 42.5 Å². The summed E-state index contributed by atoms with van der Waals surface area (Å²) in [5.74, 6) is 2.45. The molecule has 1 atom stereocenters. The minimum atomic E-state index is 0.110. The molecule has 1 aromatic heterocycles. The highest BCUT2D eigenvalue weighted by molar-refractivity contribution is 6.07. The van der Waals surface area contributed by atoms with Crippen LogP contribution in [0.3, 0.4) is 0 Å². The van der Waals surface area contributed by atoms with Crippen molar-refractivity contribution in [1.82, 2.24) is 9.88 Å². The molecule has 1 amide bonds. The largest absolute Gasteiger partial charge is 0.493 e. The number of fused-ring (bicyclic) bond motifs is 2. The molecule has 6 nitrogen and oxygen atoms in total. The van der Waals surface area contributed by atoms with E-state index in [-0.39, 0.29) is 11.9 Å². The summed E-state index contributed by atoms with van der Waals surface area (Å²) in [5.41, 5.74) is 4.07. The number of likely N-dealkylation sites (tertiary alicyclic amines) is 1. The van der Waals surface area contributed by atoms with E-state index in [0.29, 0.717) is 0 Å². The number of carbonyl (C=O) groups excluding carboxylic acids is 1. The van der Waals surface area contributed by atoms with E-state index in [1.807, 2.05) is 35.2 Å². The van der Waals surface area contributed by atoms with E-state index in [2.05, 4.69) is 24.0 Å². The third-order valence-corrected chi connectivity index (χ3v) is 6.79. The first-order chi connectivity index (χ1) is 15.6. The molecule has 32 heavy (non-hydrogen) atoms. The van der Waals surface area contributed by atoms with Gasteiger partial charge in [-0.1, -0.05) is 18.2 Å². The molecule has 6 heteroatoms. The van der Waals surface area contributed by atoms with Gasteiger partial charge in [0.05, 0.1) is 25.3 Å². The number of methoxy groups -OCH3 is 2. The van der Waals surface area contributed by atoms with Gasteiger partial charge in [0.2, 0.25) is 0 Å². The van der Waals surface area contributed by atoms with Crippen LogP contribution in [-0.4, -0.2) is 49.1 Å². The van der Waals surface area contributed by atoms with E-state index in [4.69, 9.17) is 14.5 Å². The molecule has 0 radical (unpaired) electrons. The van der Waals surface area contributed by atoms with Crippen LogP contribution in [0, 0.1) is 0 Å². The van der Waals surface area contributed by atoms with Crippen molar-refractivity contribution in [2.24, 2.45) is 0 Å². The van der Waals surface area contributed by atoms with Crippen molar-refractivity contribution in [1.29, 1.82) is 0 Å². The van der Waals surface area contributed by atoms with Crippen molar-refractivity contribution in [2.45, 2.75) is 38.8 Å². The van der Waals surface area contributed by atoms with Crippen molar-refractivity contribution in [3.63, 3.8) is 0 Å². The average Bonchev–Trinajstić information content (AvgIpc) is 3.27. The van der Waals surface area contributed by atoms with Gasteiger partial charge in [-0.25, -0.2) is 4.98 Å².